The number of aryl methyl sites for hydroxylation is 1. The summed E-state index contributed by atoms with van der Waals surface area (Å²) in [7, 11) is 1.58. The number of methoxy groups -OCH3 is 1. The maximum atomic E-state index is 14.6. The SMILES string of the molecule is CCc1c(C(=O)c2cc(C)cc(C=CC#N)c2)n(Cc2cc(F)nc(NCc3ccc(OC)cc3)c2)c(=O)[nH]c1=O. The van der Waals surface area contributed by atoms with Gasteiger partial charge in [-0.25, -0.2) is 9.78 Å². The van der Waals surface area contributed by atoms with Gasteiger partial charge in [0.2, 0.25) is 11.7 Å². The van der Waals surface area contributed by atoms with Gasteiger partial charge in [0, 0.05) is 23.7 Å². The van der Waals surface area contributed by atoms with Crippen LogP contribution >= 0.6 is 0 Å². The molecule has 0 radical (unpaired) electrons. The summed E-state index contributed by atoms with van der Waals surface area (Å²) in [5, 5.41) is 12.0. The smallest absolute Gasteiger partial charge is 0.329 e. The minimum Gasteiger partial charge on any atom is -0.497 e. The zero-order valence-electron chi connectivity index (χ0n) is 22.8. The number of anilines is 1. The van der Waals surface area contributed by atoms with E-state index in [4.69, 9.17) is 10.00 Å². The summed E-state index contributed by atoms with van der Waals surface area (Å²) in [6, 6.07) is 17.1. The highest BCUT2D eigenvalue weighted by atomic mass is 19.1. The van der Waals surface area contributed by atoms with E-state index in [2.05, 4.69) is 15.3 Å². The van der Waals surface area contributed by atoms with Gasteiger partial charge in [-0.1, -0.05) is 25.1 Å². The number of rotatable bonds is 10. The topological polar surface area (TPSA) is 130 Å². The van der Waals surface area contributed by atoms with E-state index < -0.39 is 23.0 Å². The molecule has 9 nitrogen and oxygen atoms in total. The van der Waals surface area contributed by atoms with Gasteiger partial charge in [-0.15, -0.1) is 0 Å². The van der Waals surface area contributed by atoms with Crippen LogP contribution in [0.3, 0.4) is 0 Å². The number of benzene rings is 2. The average molecular weight is 554 g/mol. The van der Waals surface area contributed by atoms with E-state index in [1.807, 2.05) is 30.3 Å². The lowest BCUT2D eigenvalue weighted by Crippen LogP contribution is -2.37. The molecule has 0 unspecified atom stereocenters. The second-order valence-electron chi connectivity index (χ2n) is 9.34. The summed E-state index contributed by atoms with van der Waals surface area (Å²) in [6.45, 7) is 3.68. The predicted molar refractivity (Wildman–Crippen MR) is 154 cm³/mol. The molecule has 0 saturated heterocycles. The Morgan fingerprint density at radius 1 is 1.15 bits per heavy atom. The zero-order valence-corrected chi connectivity index (χ0v) is 22.8. The third-order valence-electron chi connectivity index (χ3n) is 6.40. The monoisotopic (exact) mass is 553 g/mol. The number of pyridine rings is 1. The molecule has 0 fully saturated rings. The number of aromatic amines is 1. The van der Waals surface area contributed by atoms with Gasteiger partial charge in [-0.2, -0.15) is 9.65 Å². The molecule has 208 valence electrons. The van der Waals surface area contributed by atoms with Crippen molar-refractivity contribution in [3.8, 4) is 11.8 Å². The second kappa shape index (κ2) is 12.7. The molecule has 0 atom stereocenters. The van der Waals surface area contributed by atoms with Gasteiger partial charge in [0.1, 0.15) is 17.3 Å². The van der Waals surface area contributed by atoms with Crippen LogP contribution < -0.4 is 21.3 Å². The first kappa shape index (κ1) is 28.7. The van der Waals surface area contributed by atoms with Crippen molar-refractivity contribution >= 4 is 17.7 Å². The van der Waals surface area contributed by atoms with Crippen molar-refractivity contribution in [2.24, 2.45) is 0 Å². The number of aromatic nitrogens is 3. The molecule has 0 bridgehead atoms. The molecule has 0 amide bonds. The van der Waals surface area contributed by atoms with Gasteiger partial charge in [0.25, 0.3) is 5.56 Å². The summed E-state index contributed by atoms with van der Waals surface area (Å²) >= 11 is 0. The molecule has 41 heavy (non-hydrogen) atoms. The Morgan fingerprint density at radius 3 is 2.59 bits per heavy atom. The van der Waals surface area contributed by atoms with Gasteiger partial charge in [-0.05, 0) is 78.1 Å². The number of halogens is 1. The minimum absolute atomic E-state index is 0.0768. The van der Waals surface area contributed by atoms with Crippen LogP contribution in [0.4, 0.5) is 10.2 Å². The molecule has 0 spiro atoms. The van der Waals surface area contributed by atoms with Crippen LogP contribution in [-0.4, -0.2) is 27.4 Å². The fourth-order valence-electron chi connectivity index (χ4n) is 4.51. The van der Waals surface area contributed by atoms with Gasteiger partial charge in [0.15, 0.2) is 0 Å². The molecule has 4 aromatic rings. The summed E-state index contributed by atoms with van der Waals surface area (Å²) in [5.41, 5.74) is 1.52. The maximum absolute atomic E-state index is 14.6. The van der Waals surface area contributed by atoms with Crippen LogP contribution in [0.1, 0.15) is 50.8 Å². The lowest BCUT2D eigenvalue weighted by molar-refractivity contribution is 0.102. The van der Waals surface area contributed by atoms with Crippen molar-refractivity contribution in [1.29, 1.82) is 5.26 Å². The van der Waals surface area contributed by atoms with Gasteiger partial charge in [0.05, 0.1) is 19.7 Å². The van der Waals surface area contributed by atoms with Crippen molar-refractivity contribution in [2.45, 2.75) is 33.4 Å². The minimum atomic E-state index is -0.794. The fraction of sp³-hybridized carbons (Fsp3) is 0.194. The highest BCUT2D eigenvalue weighted by Gasteiger charge is 2.23. The molecule has 0 aliphatic rings. The number of nitrogens with one attached hydrogen (secondary N) is 2. The van der Waals surface area contributed by atoms with Crippen LogP contribution in [0.5, 0.6) is 5.75 Å². The normalized spacial score (nSPS) is 10.9. The Kier molecular flexibility index (Phi) is 8.89. The number of hydrogen-bond donors (Lipinski definition) is 2. The summed E-state index contributed by atoms with van der Waals surface area (Å²) in [4.78, 5) is 45.8. The highest BCUT2D eigenvalue weighted by molar-refractivity contribution is 6.09. The number of carbonyl (C=O) groups excluding carboxylic acids is 1. The number of nitriles is 1. The average Bonchev–Trinajstić information content (AvgIpc) is 2.95. The quantitative estimate of drug-likeness (QED) is 0.169. The van der Waals surface area contributed by atoms with Crippen LogP contribution in [-0.2, 0) is 19.5 Å². The second-order valence-corrected chi connectivity index (χ2v) is 9.34. The van der Waals surface area contributed by atoms with Crippen molar-refractivity contribution in [3.63, 3.8) is 0 Å². The summed E-state index contributed by atoms with van der Waals surface area (Å²) < 4.78 is 20.9. The molecule has 2 aromatic heterocycles. The van der Waals surface area contributed by atoms with Gasteiger partial charge < -0.3 is 10.1 Å². The summed E-state index contributed by atoms with van der Waals surface area (Å²) in [5.74, 6) is -0.353. The van der Waals surface area contributed by atoms with E-state index in [1.54, 1.807) is 51.3 Å². The lowest BCUT2D eigenvalue weighted by atomic mass is 9.98. The Labute approximate surface area is 235 Å². The Balaban J connectivity index is 1.72. The number of nitrogens with zero attached hydrogens (tertiary/aromatic N) is 3. The Bertz CT molecular complexity index is 1780. The van der Waals surface area contributed by atoms with E-state index in [-0.39, 0.29) is 35.6 Å². The number of hydrogen-bond acceptors (Lipinski definition) is 7. The van der Waals surface area contributed by atoms with E-state index in [1.165, 1.54) is 12.1 Å². The number of ketones is 1. The molecule has 0 aliphatic heterocycles. The molecular weight excluding hydrogens is 525 g/mol. The predicted octanol–water partition coefficient (Wildman–Crippen LogP) is 4.38. The first-order chi connectivity index (χ1) is 19.7. The molecule has 0 saturated carbocycles. The van der Waals surface area contributed by atoms with Crippen molar-refractivity contribution < 1.29 is 13.9 Å². The van der Waals surface area contributed by atoms with Crippen molar-refractivity contribution in [1.82, 2.24) is 14.5 Å². The van der Waals surface area contributed by atoms with Crippen LogP contribution in [0.2, 0.25) is 0 Å². The number of H-pyrrole nitrogens is 1. The standard InChI is InChI=1S/C31H28FN5O4/c1-4-25-28(29(38)23-13-19(2)12-21(14-23)6-5-11-33)37(31(40)36-30(25)39)18-22-15-26(32)35-27(16-22)34-17-20-7-9-24(41-3)10-8-20/h5-10,12-16H,4,17-18H2,1-3H3,(H,34,35)(H,36,39,40). The van der Waals surface area contributed by atoms with Crippen molar-refractivity contribution in [2.75, 3.05) is 12.4 Å². The Morgan fingerprint density at radius 2 is 1.90 bits per heavy atom. The number of ether oxygens (including phenoxy) is 1. The number of allylic oxidation sites excluding steroid dienone is 1. The maximum Gasteiger partial charge on any atom is 0.329 e. The first-order valence-electron chi connectivity index (χ1n) is 12.8. The molecule has 0 aliphatic carbocycles. The highest BCUT2D eigenvalue weighted by Crippen LogP contribution is 2.19. The lowest BCUT2D eigenvalue weighted by Gasteiger charge is -2.16. The molecule has 10 heteroatoms. The van der Waals surface area contributed by atoms with Crippen LogP contribution in [0.25, 0.3) is 6.08 Å². The molecule has 2 aromatic carbocycles. The largest absolute Gasteiger partial charge is 0.497 e. The number of carbonyl (C=O) groups is 1. The van der Waals surface area contributed by atoms with E-state index >= 15 is 0 Å². The zero-order chi connectivity index (χ0) is 29.5. The van der Waals surface area contributed by atoms with Crippen LogP contribution in [0, 0.1) is 24.2 Å². The third-order valence-corrected chi connectivity index (χ3v) is 6.40. The Hall–Kier alpha value is -5.30. The van der Waals surface area contributed by atoms with Gasteiger partial charge in [-0.3, -0.25) is 19.1 Å². The summed E-state index contributed by atoms with van der Waals surface area (Å²) in [6.07, 6.45) is 3.04. The fourth-order valence-corrected chi connectivity index (χ4v) is 4.51. The van der Waals surface area contributed by atoms with Gasteiger partial charge >= 0.3 is 5.69 Å². The first-order valence-corrected chi connectivity index (χ1v) is 12.8. The molecular formula is C31H28FN5O4. The van der Waals surface area contributed by atoms with E-state index in [9.17, 15) is 18.8 Å². The van der Waals surface area contributed by atoms with E-state index in [0.717, 1.165) is 15.7 Å². The van der Waals surface area contributed by atoms with Crippen LogP contribution in [0.15, 0.2) is 70.3 Å². The van der Waals surface area contributed by atoms with E-state index in [0.29, 0.717) is 23.4 Å². The molecule has 2 N–H and O–H groups in total. The van der Waals surface area contributed by atoms with Crippen molar-refractivity contribution in [3.05, 3.63) is 127 Å². The molecule has 2 heterocycles. The molecule has 4 rings (SSSR count). The third kappa shape index (κ3) is 6.83.